The summed E-state index contributed by atoms with van der Waals surface area (Å²) in [5.41, 5.74) is 7.77. The molecule has 0 aliphatic heterocycles. The summed E-state index contributed by atoms with van der Waals surface area (Å²) >= 11 is 0. The number of anilines is 2. The van der Waals surface area contributed by atoms with Crippen LogP contribution in [-0.4, -0.2) is 23.9 Å². The number of carbonyl (C=O) groups excluding carboxylic acids is 1. The highest BCUT2D eigenvalue weighted by Crippen LogP contribution is 2.23. The molecule has 7 nitrogen and oxygen atoms in total. The normalized spacial score (nSPS) is 11.5. The molecule has 4 aromatic rings. The van der Waals surface area contributed by atoms with Gasteiger partial charge in [-0.25, -0.2) is 17.8 Å². The van der Waals surface area contributed by atoms with Gasteiger partial charge >= 0.3 is 0 Å². The molecule has 3 aromatic carbocycles. The second-order valence-corrected chi connectivity index (χ2v) is 8.93. The zero-order valence-corrected chi connectivity index (χ0v) is 17.4. The standard InChI is InChI=1S/C22H19FN4O3S/c1-27-20-9-5-4-8-19(20)26-22(27)31(29,30)13-15-11-10-14(12-16(15)23)21(28)25-18-7-3-2-6-17(18)24/h2-12H,13,24H2,1H3,(H,25,28). The Bertz CT molecular complexity index is 1410. The number of carbonyl (C=O) groups is 1. The summed E-state index contributed by atoms with van der Waals surface area (Å²) in [6.07, 6.45) is 0. The van der Waals surface area contributed by atoms with Gasteiger partial charge in [0.25, 0.3) is 5.91 Å². The van der Waals surface area contributed by atoms with E-state index in [-0.39, 0.29) is 16.3 Å². The maximum Gasteiger partial charge on any atom is 0.255 e. The van der Waals surface area contributed by atoms with E-state index in [1.54, 1.807) is 55.6 Å². The van der Waals surface area contributed by atoms with Crippen molar-refractivity contribution in [2.75, 3.05) is 11.1 Å². The molecule has 0 saturated heterocycles. The minimum absolute atomic E-state index is 0.0460. The van der Waals surface area contributed by atoms with Crippen molar-refractivity contribution in [2.45, 2.75) is 10.9 Å². The monoisotopic (exact) mass is 438 g/mol. The topological polar surface area (TPSA) is 107 Å². The van der Waals surface area contributed by atoms with Crippen LogP contribution in [0.5, 0.6) is 0 Å². The first-order valence-electron chi connectivity index (χ1n) is 9.35. The van der Waals surface area contributed by atoms with Gasteiger partial charge < -0.3 is 15.6 Å². The van der Waals surface area contributed by atoms with Gasteiger partial charge in [-0.2, -0.15) is 0 Å². The Morgan fingerprint density at radius 2 is 1.81 bits per heavy atom. The number of nitrogens with one attached hydrogen (secondary N) is 1. The third-order valence-electron chi connectivity index (χ3n) is 4.89. The highest BCUT2D eigenvalue weighted by molar-refractivity contribution is 7.90. The highest BCUT2D eigenvalue weighted by atomic mass is 32.2. The zero-order chi connectivity index (χ0) is 22.2. The lowest BCUT2D eigenvalue weighted by molar-refractivity contribution is 0.102. The predicted octanol–water partition coefficient (Wildman–Crippen LogP) is 3.52. The van der Waals surface area contributed by atoms with Crippen LogP contribution in [0.3, 0.4) is 0 Å². The Balaban J connectivity index is 1.58. The van der Waals surface area contributed by atoms with Crippen molar-refractivity contribution >= 4 is 38.2 Å². The van der Waals surface area contributed by atoms with Gasteiger partial charge in [-0.15, -0.1) is 0 Å². The first kappa shape index (κ1) is 20.5. The second-order valence-electron chi connectivity index (χ2n) is 7.05. The molecule has 0 aliphatic rings. The number of aromatic nitrogens is 2. The molecule has 0 bridgehead atoms. The van der Waals surface area contributed by atoms with Gasteiger partial charge in [0, 0.05) is 18.2 Å². The average Bonchev–Trinajstić information content (AvgIpc) is 3.09. The molecular weight excluding hydrogens is 419 g/mol. The fourth-order valence-electron chi connectivity index (χ4n) is 3.28. The van der Waals surface area contributed by atoms with Gasteiger partial charge in [0.2, 0.25) is 15.0 Å². The van der Waals surface area contributed by atoms with Crippen molar-refractivity contribution in [3.05, 3.63) is 83.7 Å². The Labute approximate surface area is 178 Å². The summed E-state index contributed by atoms with van der Waals surface area (Å²) in [6.45, 7) is 0. The number of para-hydroxylation sites is 4. The number of nitrogens with two attached hydrogens (primary N) is 1. The number of nitrogen functional groups attached to an aromatic ring is 1. The van der Waals surface area contributed by atoms with Crippen LogP contribution in [0.15, 0.2) is 71.9 Å². The molecule has 0 aliphatic carbocycles. The predicted molar refractivity (Wildman–Crippen MR) is 117 cm³/mol. The number of imidazole rings is 1. The zero-order valence-electron chi connectivity index (χ0n) is 16.5. The Hall–Kier alpha value is -3.72. The largest absolute Gasteiger partial charge is 0.397 e. The van der Waals surface area contributed by atoms with Crippen molar-refractivity contribution < 1.29 is 17.6 Å². The van der Waals surface area contributed by atoms with Crippen molar-refractivity contribution in [2.24, 2.45) is 7.05 Å². The first-order valence-corrected chi connectivity index (χ1v) is 11.0. The number of hydrogen-bond donors (Lipinski definition) is 2. The molecule has 1 aromatic heterocycles. The Morgan fingerprint density at radius 3 is 2.52 bits per heavy atom. The van der Waals surface area contributed by atoms with E-state index in [2.05, 4.69) is 10.3 Å². The van der Waals surface area contributed by atoms with E-state index in [1.807, 2.05) is 0 Å². The number of sulfone groups is 1. The number of rotatable bonds is 5. The molecule has 31 heavy (non-hydrogen) atoms. The number of aryl methyl sites for hydroxylation is 1. The number of benzene rings is 3. The molecule has 0 spiro atoms. The molecule has 0 saturated carbocycles. The molecule has 9 heteroatoms. The van der Waals surface area contributed by atoms with E-state index >= 15 is 0 Å². The van der Waals surface area contributed by atoms with Gasteiger partial charge in [0.15, 0.2) is 0 Å². The second kappa shape index (κ2) is 7.84. The number of hydrogen-bond acceptors (Lipinski definition) is 5. The van der Waals surface area contributed by atoms with Crippen LogP contribution in [0.1, 0.15) is 15.9 Å². The number of amides is 1. The summed E-state index contributed by atoms with van der Waals surface area (Å²) in [5, 5.41) is 2.46. The number of halogens is 1. The Kier molecular flexibility index (Phi) is 5.20. The molecule has 4 rings (SSSR count). The van der Waals surface area contributed by atoms with E-state index in [0.29, 0.717) is 22.4 Å². The summed E-state index contributed by atoms with van der Waals surface area (Å²) in [7, 11) is -2.32. The van der Waals surface area contributed by atoms with Crippen LogP contribution >= 0.6 is 0 Å². The minimum atomic E-state index is -3.92. The average molecular weight is 438 g/mol. The van der Waals surface area contributed by atoms with Gasteiger partial charge in [0.1, 0.15) is 5.82 Å². The van der Waals surface area contributed by atoms with Crippen LogP contribution in [0.25, 0.3) is 11.0 Å². The maximum atomic E-state index is 14.7. The van der Waals surface area contributed by atoms with E-state index in [4.69, 9.17) is 5.73 Å². The lowest BCUT2D eigenvalue weighted by Gasteiger charge is -2.10. The van der Waals surface area contributed by atoms with Crippen molar-refractivity contribution in [3.8, 4) is 0 Å². The summed E-state index contributed by atoms with van der Waals surface area (Å²) in [4.78, 5) is 16.6. The molecule has 1 heterocycles. The van der Waals surface area contributed by atoms with Gasteiger partial charge in [-0.3, -0.25) is 4.79 Å². The molecule has 0 unspecified atom stereocenters. The fraction of sp³-hybridized carbons (Fsp3) is 0.0909. The van der Waals surface area contributed by atoms with E-state index < -0.39 is 27.3 Å². The lowest BCUT2D eigenvalue weighted by atomic mass is 10.1. The highest BCUT2D eigenvalue weighted by Gasteiger charge is 2.24. The Morgan fingerprint density at radius 1 is 1.10 bits per heavy atom. The van der Waals surface area contributed by atoms with Crippen molar-refractivity contribution in [1.29, 1.82) is 0 Å². The summed E-state index contributed by atoms with van der Waals surface area (Å²) in [6, 6.07) is 17.4. The van der Waals surface area contributed by atoms with Crippen molar-refractivity contribution in [1.82, 2.24) is 9.55 Å². The first-order chi connectivity index (χ1) is 14.8. The van der Waals surface area contributed by atoms with E-state index in [1.165, 1.54) is 16.7 Å². The van der Waals surface area contributed by atoms with Gasteiger partial charge in [-0.1, -0.05) is 30.3 Å². The summed E-state index contributed by atoms with van der Waals surface area (Å²) in [5.74, 6) is -1.93. The molecule has 3 N–H and O–H groups in total. The maximum absolute atomic E-state index is 14.7. The molecule has 1 amide bonds. The van der Waals surface area contributed by atoms with Gasteiger partial charge in [0.05, 0.1) is 28.2 Å². The van der Waals surface area contributed by atoms with E-state index in [9.17, 15) is 17.6 Å². The third-order valence-corrected chi connectivity index (χ3v) is 6.51. The summed E-state index contributed by atoms with van der Waals surface area (Å²) < 4.78 is 41.9. The van der Waals surface area contributed by atoms with E-state index in [0.717, 1.165) is 6.07 Å². The third kappa shape index (κ3) is 3.99. The number of nitrogens with zero attached hydrogens (tertiary/aromatic N) is 2. The smallest absolute Gasteiger partial charge is 0.255 e. The van der Waals surface area contributed by atoms with Crippen LogP contribution < -0.4 is 11.1 Å². The SMILES string of the molecule is Cn1c(S(=O)(=O)Cc2ccc(C(=O)Nc3ccccc3N)cc2F)nc2ccccc21. The fourth-order valence-corrected chi connectivity index (χ4v) is 4.81. The molecule has 0 radical (unpaired) electrons. The van der Waals surface area contributed by atoms with Gasteiger partial charge in [-0.05, 0) is 36.4 Å². The molecule has 0 fully saturated rings. The van der Waals surface area contributed by atoms with Crippen LogP contribution in [0.4, 0.5) is 15.8 Å². The van der Waals surface area contributed by atoms with Crippen LogP contribution in [-0.2, 0) is 22.6 Å². The molecular formula is C22H19FN4O3S. The molecule has 0 atom stereocenters. The quantitative estimate of drug-likeness (QED) is 0.464. The van der Waals surface area contributed by atoms with Crippen molar-refractivity contribution in [3.63, 3.8) is 0 Å². The molecule has 158 valence electrons. The number of fused-ring (bicyclic) bond motifs is 1. The minimum Gasteiger partial charge on any atom is -0.397 e. The van der Waals surface area contributed by atoms with Crippen LogP contribution in [0.2, 0.25) is 0 Å². The van der Waals surface area contributed by atoms with Crippen LogP contribution in [0, 0.1) is 5.82 Å². The lowest BCUT2D eigenvalue weighted by Crippen LogP contribution is -2.15.